The van der Waals surface area contributed by atoms with Crippen molar-refractivity contribution in [3.8, 4) is 0 Å². The van der Waals surface area contributed by atoms with Gasteiger partial charge < -0.3 is 9.99 Å². The van der Waals surface area contributed by atoms with E-state index in [2.05, 4.69) is 14.1 Å². The second-order valence-electron chi connectivity index (χ2n) is 3.49. The number of hydrogen-bond acceptors (Lipinski definition) is 6. The molecule has 0 aromatic carbocycles. The maximum Gasteiger partial charge on any atom is 0.415 e. The van der Waals surface area contributed by atoms with Gasteiger partial charge in [0.05, 0.1) is 6.61 Å². The molecule has 1 rings (SSSR count). The van der Waals surface area contributed by atoms with Crippen LogP contribution < -0.4 is 5.26 Å². The van der Waals surface area contributed by atoms with Crippen LogP contribution in [-0.4, -0.2) is 17.8 Å². The third kappa shape index (κ3) is 4.20. The van der Waals surface area contributed by atoms with Gasteiger partial charge in [-0.1, -0.05) is 12.8 Å². The van der Waals surface area contributed by atoms with Crippen LogP contribution in [0.1, 0.15) is 25.7 Å². The van der Waals surface area contributed by atoms with Crippen molar-refractivity contribution in [2.75, 3.05) is 6.61 Å². The molecule has 0 aliphatic heterocycles. The highest BCUT2D eigenvalue weighted by atomic mass is 32.2. The van der Waals surface area contributed by atoms with Crippen molar-refractivity contribution >= 4 is 18.0 Å². The van der Waals surface area contributed by atoms with Crippen molar-refractivity contribution in [3.63, 3.8) is 0 Å². The molecule has 1 aliphatic rings. The van der Waals surface area contributed by atoms with E-state index in [0.29, 0.717) is 0 Å². The Morgan fingerprint density at radius 3 is 2.62 bits per heavy atom. The Kier molecular flexibility index (Phi) is 5.39. The Labute approximate surface area is 95.1 Å². The molecule has 1 aliphatic carbocycles. The number of hydrogen-bond donors (Lipinski definition) is 0. The number of alkyl halides is 2. The van der Waals surface area contributed by atoms with Crippen LogP contribution in [0.4, 0.5) is 8.78 Å². The highest BCUT2D eigenvalue weighted by molar-refractivity contribution is 7.96. The molecule has 0 bridgehead atoms. The van der Waals surface area contributed by atoms with Crippen LogP contribution in [0.3, 0.4) is 0 Å². The van der Waals surface area contributed by atoms with Crippen LogP contribution in [0.25, 0.3) is 0 Å². The van der Waals surface area contributed by atoms with Gasteiger partial charge in [-0.15, -0.1) is 0 Å². The molecule has 1 saturated carbocycles. The van der Waals surface area contributed by atoms with Gasteiger partial charge in [0.15, 0.2) is 0 Å². The lowest BCUT2D eigenvalue weighted by Crippen LogP contribution is -2.29. The molecule has 0 radical (unpaired) electrons. The summed E-state index contributed by atoms with van der Waals surface area (Å²) in [5.74, 6) is -1.57. The van der Waals surface area contributed by atoms with Gasteiger partial charge in [-0.2, -0.15) is 13.1 Å². The minimum atomic E-state index is -3.93. The van der Waals surface area contributed by atoms with Crippen LogP contribution in [0.15, 0.2) is 0 Å². The summed E-state index contributed by atoms with van der Waals surface area (Å²) in [6, 6.07) is 0. The number of halogens is 2. The zero-order valence-corrected chi connectivity index (χ0v) is 9.13. The van der Waals surface area contributed by atoms with Crippen LogP contribution in [0.5, 0.6) is 0 Å². The maximum atomic E-state index is 12.8. The van der Waals surface area contributed by atoms with E-state index in [1.807, 2.05) is 0 Å². The van der Waals surface area contributed by atoms with Crippen molar-refractivity contribution in [2.45, 2.75) is 30.9 Å². The lowest BCUT2D eigenvalue weighted by atomic mass is 10.1. The standard InChI is InChI=1S/C8H12F2O5S/c9-8(10,16-15-14-12)7(11)13-5-6-3-1-2-4-6/h6,12H,1-5H2/p-1. The van der Waals surface area contributed by atoms with Crippen molar-refractivity contribution in [2.24, 2.45) is 5.92 Å². The molecule has 0 heterocycles. The second-order valence-corrected chi connectivity index (χ2v) is 4.30. The van der Waals surface area contributed by atoms with Gasteiger partial charge in [-0.3, -0.25) is 5.04 Å². The number of carbonyl (C=O) groups is 1. The number of carbonyl (C=O) groups excluding carboxylic acids is 1. The molecule has 5 nitrogen and oxygen atoms in total. The fraction of sp³-hybridized carbons (Fsp3) is 0.875. The summed E-state index contributed by atoms with van der Waals surface area (Å²) in [5.41, 5.74) is 0. The van der Waals surface area contributed by atoms with Gasteiger partial charge in [0.2, 0.25) is 0 Å². The molecule has 0 aromatic heterocycles. The molecule has 1 fully saturated rings. The number of rotatable bonds is 6. The minimum absolute atomic E-state index is 0.0206. The van der Waals surface area contributed by atoms with E-state index in [0.717, 1.165) is 25.7 Å². The van der Waals surface area contributed by atoms with E-state index in [9.17, 15) is 18.8 Å². The molecule has 0 saturated heterocycles. The summed E-state index contributed by atoms with van der Waals surface area (Å²) >= 11 is -0.673. The van der Waals surface area contributed by atoms with Gasteiger partial charge in [0.25, 0.3) is 0 Å². The monoisotopic (exact) mass is 257 g/mol. The summed E-state index contributed by atoms with van der Waals surface area (Å²) < 4.78 is 33.5. The first-order chi connectivity index (χ1) is 7.56. The quantitative estimate of drug-likeness (QED) is 0.308. The topological polar surface area (TPSA) is 67.8 Å². The molecule has 16 heavy (non-hydrogen) atoms. The highest BCUT2D eigenvalue weighted by Gasteiger charge is 2.44. The summed E-state index contributed by atoms with van der Waals surface area (Å²) in [5, 5.41) is 8.14. The average Bonchev–Trinajstić information content (AvgIpc) is 2.75. The van der Waals surface area contributed by atoms with Crippen molar-refractivity contribution < 1.29 is 32.9 Å². The van der Waals surface area contributed by atoms with Crippen LogP contribution in [-0.2, 0) is 18.9 Å². The average molecular weight is 257 g/mol. The van der Waals surface area contributed by atoms with Gasteiger partial charge in [-0.05, 0) is 18.8 Å². The number of ether oxygens (including phenoxy) is 1. The Hall–Kier alpha value is -0.440. The molecule has 8 heteroatoms. The predicted molar refractivity (Wildman–Crippen MR) is 47.6 cm³/mol. The lowest BCUT2D eigenvalue weighted by Gasteiger charge is -2.15. The van der Waals surface area contributed by atoms with Crippen molar-refractivity contribution in [1.82, 2.24) is 0 Å². The number of esters is 1. The first-order valence-corrected chi connectivity index (χ1v) is 5.50. The maximum absolute atomic E-state index is 12.8. The smallest absolute Gasteiger partial charge is 0.415 e. The summed E-state index contributed by atoms with van der Waals surface area (Å²) in [4.78, 5) is 10.9. The molecule has 0 spiro atoms. The normalized spacial score (nSPS) is 17.7. The van der Waals surface area contributed by atoms with E-state index in [1.165, 1.54) is 0 Å². The fourth-order valence-electron chi connectivity index (χ4n) is 1.55. The van der Waals surface area contributed by atoms with Gasteiger partial charge in [0.1, 0.15) is 12.0 Å². The van der Waals surface area contributed by atoms with E-state index in [-0.39, 0.29) is 12.5 Å². The van der Waals surface area contributed by atoms with Crippen molar-refractivity contribution in [3.05, 3.63) is 0 Å². The predicted octanol–water partition coefficient (Wildman–Crippen LogP) is 1.18. The zero-order valence-electron chi connectivity index (χ0n) is 8.32. The summed E-state index contributed by atoms with van der Waals surface area (Å²) in [7, 11) is 0. The SMILES string of the molecule is O=C(OCC1CCCC1)C(F)(F)SOO[O-]. The minimum Gasteiger partial charge on any atom is -0.691 e. The van der Waals surface area contributed by atoms with E-state index < -0.39 is 23.3 Å². The Morgan fingerprint density at radius 2 is 2.06 bits per heavy atom. The van der Waals surface area contributed by atoms with E-state index in [1.54, 1.807) is 0 Å². The van der Waals surface area contributed by atoms with Gasteiger partial charge in [0, 0.05) is 0 Å². The van der Waals surface area contributed by atoms with Gasteiger partial charge in [-0.25, -0.2) is 4.79 Å². The molecule has 0 unspecified atom stereocenters. The molecular weight excluding hydrogens is 246 g/mol. The molecule has 0 aromatic rings. The van der Waals surface area contributed by atoms with Crippen molar-refractivity contribution in [1.29, 1.82) is 0 Å². The first kappa shape index (κ1) is 13.6. The highest BCUT2D eigenvalue weighted by Crippen LogP contribution is 2.32. The van der Waals surface area contributed by atoms with Crippen LogP contribution >= 0.6 is 12.0 Å². The lowest BCUT2D eigenvalue weighted by molar-refractivity contribution is -0.777. The molecular formula is C8H11F2O5S-. The molecule has 94 valence electrons. The third-order valence-electron chi connectivity index (χ3n) is 2.33. The zero-order chi connectivity index (χ0) is 12.0. The Balaban J connectivity index is 2.26. The Bertz CT molecular complexity index is 232. The molecule has 0 amide bonds. The van der Waals surface area contributed by atoms with Gasteiger partial charge >= 0.3 is 11.2 Å². The van der Waals surface area contributed by atoms with E-state index >= 15 is 0 Å². The summed E-state index contributed by atoms with van der Waals surface area (Å²) in [6.07, 6.45) is 3.82. The Morgan fingerprint density at radius 1 is 1.44 bits per heavy atom. The molecule has 0 atom stereocenters. The summed E-state index contributed by atoms with van der Waals surface area (Å²) in [6.45, 7) is -0.0206. The second kappa shape index (κ2) is 6.33. The third-order valence-corrected chi connectivity index (χ3v) is 2.83. The van der Waals surface area contributed by atoms with Crippen LogP contribution in [0.2, 0.25) is 0 Å². The first-order valence-electron chi connectivity index (χ1n) is 4.75. The molecule has 0 N–H and O–H groups in total. The van der Waals surface area contributed by atoms with Crippen LogP contribution in [0, 0.1) is 5.92 Å². The van der Waals surface area contributed by atoms with E-state index in [4.69, 9.17) is 0 Å². The fourth-order valence-corrected chi connectivity index (χ4v) is 1.79. The largest absolute Gasteiger partial charge is 0.691 e.